The Labute approximate surface area is 119 Å². The molecule has 0 unspecified atom stereocenters. The average Bonchev–Trinajstić information content (AvgIpc) is 2.45. The van der Waals surface area contributed by atoms with Gasteiger partial charge in [0.15, 0.2) is 0 Å². The van der Waals surface area contributed by atoms with Gasteiger partial charge in [-0.25, -0.2) is 0 Å². The molecule has 2 rings (SSSR count). The molecule has 0 atom stereocenters. The number of hydrogen-bond acceptors (Lipinski definition) is 3. The number of methoxy groups -OCH3 is 1. The van der Waals surface area contributed by atoms with Crippen LogP contribution in [0.4, 0.5) is 13.2 Å². The van der Waals surface area contributed by atoms with Crippen molar-refractivity contribution in [1.29, 1.82) is 5.26 Å². The van der Waals surface area contributed by atoms with Crippen LogP contribution in [0.25, 0.3) is 11.1 Å². The first kappa shape index (κ1) is 14.7. The molecule has 2 aromatic carbocycles. The van der Waals surface area contributed by atoms with Crippen molar-refractivity contribution in [3.8, 4) is 28.7 Å². The number of hydrogen-bond donors (Lipinski definition) is 0. The summed E-state index contributed by atoms with van der Waals surface area (Å²) in [6.45, 7) is 0. The van der Waals surface area contributed by atoms with Crippen molar-refractivity contribution in [3.05, 3.63) is 48.0 Å². The van der Waals surface area contributed by atoms with Gasteiger partial charge in [-0.05, 0) is 35.9 Å². The number of nitriles is 1. The Bertz CT molecular complexity index is 673. The van der Waals surface area contributed by atoms with Crippen molar-refractivity contribution in [2.45, 2.75) is 6.36 Å². The largest absolute Gasteiger partial charge is 0.573 e. The molecule has 0 saturated carbocycles. The number of rotatable bonds is 3. The number of benzene rings is 2. The molecule has 21 heavy (non-hydrogen) atoms. The number of alkyl halides is 3. The summed E-state index contributed by atoms with van der Waals surface area (Å²) in [7, 11) is 1.49. The Kier molecular flexibility index (Phi) is 4.03. The average molecular weight is 293 g/mol. The maximum atomic E-state index is 12.1. The summed E-state index contributed by atoms with van der Waals surface area (Å²) in [6, 6.07) is 12.2. The lowest BCUT2D eigenvalue weighted by Crippen LogP contribution is -2.16. The van der Waals surface area contributed by atoms with Crippen molar-refractivity contribution in [2.75, 3.05) is 7.11 Å². The van der Waals surface area contributed by atoms with Crippen LogP contribution in [0.2, 0.25) is 0 Å². The summed E-state index contributed by atoms with van der Waals surface area (Å²) in [5, 5.41) is 9.09. The van der Waals surface area contributed by atoms with E-state index in [1.54, 1.807) is 18.2 Å². The van der Waals surface area contributed by atoms with Crippen LogP contribution < -0.4 is 9.47 Å². The second kappa shape index (κ2) is 5.75. The summed E-state index contributed by atoms with van der Waals surface area (Å²) in [5.74, 6) is 0.243. The van der Waals surface area contributed by atoms with Crippen LogP contribution in [-0.2, 0) is 0 Å². The van der Waals surface area contributed by atoms with Crippen LogP contribution in [0.15, 0.2) is 42.5 Å². The third-order valence-electron chi connectivity index (χ3n) is 2.75. The van der Waals surface area contributed by atoms with Gasteiger partial charge in [0.25, 0.3) is 0 Å². The molecule has 0 amide bonds. The highest BCUT2D eigenvalue weighted by Crippen LogP contribution is 2.30. The molecule has 0 bridgehead atoms. The molecule has 0 aliphatic carbocycles. The first-order chi connectivity index (χ1) is 9.93. The fraction of sp³-hybridized carbons (Fsp3) is 0.133. The van der Waals surface area contributed by atoms with E-state index in [1.165, 1.54) is 31.4 Å². The summed E-state index contributed by atoms with van der Waals surface area (Å²) < 4.78 is 45.2. The van der Waals surface area contributed by atoms with E-state index in [0.717, 1.165) is 0 Å². The van der Waals surface area contributed by atoms with Crippen LogP contribution >= 0.6 is 0 Å². The normalized spacial score (nSPS) is 10.8. The van der Waals surface area contributed by atoms with E-state index >= 15 is 0 Å². The van der Waals surface area contributed by atoms with Gasteiger partial charge in [-0.2, -0.15) is 5.26 Å². The molecule has 2 aromatic rings. The third-order valence-corrected chi connectivity index (χ3v) is 2.75. The number of nitrogens with zero attached hydrogens (tertiary/aromatic N) is 1. The van der Waals surface area contributed by atoms with Gasteiger partial charge in [-0.15, -0.1) is 13.2 Å². The molecule has 0 spiro atoms. The molecular weight excluding hydrogens is 283 g/mol. The van der Waals surface area contributed by atoms with Crippen molar-refractivity contribution in [2.24, 2.45) is 0 Å². The minimum atomic E-state index is -4.73. The lowest BCUT2D eigenvalue weighted by molar-refractivity contribution is -0.274. The summed E-state index contributed by atoms with van der Waals surface area (Å²) in [6.07, 6.45) is -4.73. The van der Waals surface area contributed by atoms with Crippen molar-refractivity contribution < 1.29 is 22.6 Å². The first-order valence-corrected chi connectivity index (χ1v) is 5.87. The second-order valence-corrected chi connectivity index (χ2v) is 4.10. The van der Waals surface area contributed by atoms with Gasteiger partial charge < -0.3 is 9.47 Å². The molecule has 0 aliphatic heterocycles. The SMILES string of the molecule is COc1ccc(C#N)c(-c2ccc(OC(F)(F)F)cc2)c1. The van der Waals surface area contributed by atoms with Crippen LogP contribution in [0.3, 0.4) is 0 Å². The molecular formula is C15H10F3NO2. The fourth-order valence-electron chi connectivity index (χ4n) is 1.82. The van der Waals surface area contributed by atoms with E-state index < -0.39 is 6.36 Å². The van der Waals surface area contributed by atoms with Gasteiger partial charge in [0, 0.05) is 5.56 Å². The van der Waals surface area contributed by atoms with Crippen LogP contribution in [0.5, 0.6) is 11.5 Å². The molecule has 0 N–H and O–H groups in total. The van der Waals surface area contributed by atoms with Gasteiger partial charge in [0.05, 0.1) is 18.7 Å². The van der Waals surface area contributed by atoms with E-state index in [-0.39, 0.29) is 5.75 Å². The minimum absolute atomic E-state index is 0.312. The lowest BCUT2D eigenvalue weighted by atomic mass is 10.00. The number of halogens is 3. The van der Waals surface area contributed by atoms with Crippen LogP contribution in [0.1, 0.15) is 5.56 Å². The van der Waals surface area contributed by atoms with Crippen LogP contribution in [-0.4, -0.2) is 13.5 Å². The third kappa shape index (κ3) is 3.66. The molecule has 6 heteroatoms. The lowest BCUT2D eigenvalue weighted by Gasteiger charge is -2.10. The highest BCUT2D eigenvalue weighted by molar-refractivity contribution is 5.72. The fourth-order valence-corrected chi connectivity index (χ4v) is 1.82. The quantitative estimate of drug-likeness (QED) is 0.854. The maximum absolute atomic E-state index is 12.1. The zero-order valence-electron chi connectivity index (χ0n) is 10.9. The Hall–Kier alpha value is -2.68. The standard InChI is InChI=1S/C15H10F3NO2/c1-20-13-7-4-11(9-19)14(8-13)10-2-5-12(6-3-10)21-15(16,17)18/h2-8H,1H3. The van der Waals surface area contributed by atoms with Gasteiger partial charge >= 0.3 is 6.36 Å². The molecule has 0 saturated heterocycles. The summed E-state index contributed by atoms with van der Waals surface area (Å²) in [4.78, 5) is 0. The maximum Gasteiger partial charge on any atom is 0.573 e. The summed E-state index contributed by atoms with van der Waals surface area (Å²) in [5.41, 5.74) is 1.58. The highest BCUT2D eigenvalue weighted by atomic mass is 19.4. The predicted octanol–water partition coefficient (Wildman–Crippen LogP) is 4.13. The first-order valence-electron chi connectivity index (χ1n) is 5.87. The van der Waals surface area contributed by atoms with Gasteiger partial charge in [0.2, 0.25) is 0 Å². The van der Waals surface area contributed by atoms with E-state index in [9.17, 15) is 13.2 Å². The van der Waals surface area contributed by atoms with Gasteiger partial charge in [-0.1, -0.05) is 12.1 Å². The van der Waals surface area contributed by atoms with E-state index in [1.807, 2.05) is 6.07 Å². The topological polar surface area (TPSA) is 42.2 Å². The molecule has 0 radical (unpaired) electrons. The Morgan fingerprint density at radius 2 is 1.62 bits per heavy atom. The van der Waals surface area contributed by atoms with E-state index in [2.05, 4.69) is 4.74 Å². The Morgan fingerprint density at radius 1 is 1.00 bits per heavy atom. The molecule has 0 aliphatic rings. The minimum Gasteiger partial charge on any atom is -0.497 e. The van der Waals surface area contributed by atoms with Crippen LogP contribution in [0, 0.1) is 11.3 Å². The predicted molar refractivity (Wildman–Crippen MR) is 69.8 cm³/mol. The molecule has 108 valence electrons. The van der Waals surface area contributed by atoms with E-state index in [0.29, 0.717) is 22.4 Å². The Morgan fingerprint density at radius 3 is 2.14 bits per heavy atom. The van der Waals surface area contributed by atoms with Gasteiger partial charge in [-0.3, -0.25) is 0 Å². The summed E-state index contributed by atoms with van der Waals surface area (Å²) >= 11 is 0. The smallest absolute Gasteiger partial charge is 0.497 e. The monoisotopic (exact) mass is 293 g/mol. The molecule has 0 heterocycles. The second-order valence-electron chi connectivity index (χ2n) is 4.10. The van der Waals surface area contributed by atoms with Crippen molar-refractivity contribution >= 4 is 0 Å². The van der Waals surface area contributed by atoms with Gasteiger partial charge in [0.1, 0.15) is 11.5 Å². The zero-order chi connectivity index (χ0) is 15.5. The molecule has 3 nitrogen and oxygen atoms in total. The zero-order valence-corrected chi connectivity index (χ0v) is 10.9. The van der Waals surface area contributed by atoms with Crippen molar-refractivity contribution in [1.82, 2.24) is 0 Å². The molecule has 0 fully saturated rings. The highest BCUT2D eigenvalue weighted by Gasteiger charge is 2.30. The molecule has 0 aromatic heterocycles. The number of ether oxygens (including phenoxy) is 2. The van der Waals surface area contributed by atoms with E-state index in [4.69, 9.17) is 10.00 Å². The van der Waals surface area contributed by atoms with Crippen molar-refractivity contribution in [3.63, 3.8) is 0 Å². The Balaban J connectivity index is 2.37.